The minimum absolute atomic E-state index is 0.0207. The number of rotatable bonds is 5. The van der Waals surface area contributed by atoms with Gasteiger partial charge in [0.25, 0.3) is 5.91 Å². The van der Waals surface area contributed by atoms with Crippen molar-refractivity contribution in [1.82, 2.24) is 9.97 Å². The molecule has 1 N–H and O–H groups in total. The second kappa shape index (κ2) is 9.08. The molecule has 1 saturated heterocycles. The monoisotopic (exact) mass is 462 g/mol. The van der Waals surface area contributed by atoms with Crippen molar-refractivity contribution in [2.45, 2.75) is 32.1 Å². The standard InChI is InChI=1S/C22H21F3N4O4/c1-2-32-20(31)17-12-26-21(33-17)28-19(30)15-10-13-4-5-14(23)11-16(13)27-18(15)29-8-3-6-22(24,25)7-9-29/h4-5,10-12H,2-3,6-9H2,1H3,(H,26,28,30). The van der Waals surface area contributed by atoms with E-state index in [-0.39, 0.29) is 62.1 Å². The van der Waals surface area contributed by atoms with Crippen LogP contribution in [-0.2, 0) is 4.74 Å². The van der Waals surface area contributed by atoms with E-state index in [0.29, 0.717) is 10.9 Å². The number of amides is 1. The molecule has 0 bridgehead atoms. The molecule has 174 valence electrons. The molecule has 0 spiro atoms. The quantitative estimate of drug-likeness (QED) is 0.561. The highest BCUT2D eigenvalue weighted by molar-refractivity contribution is 6.09. The molecule has 0 unspecified atom stereocenters. The van der Waals surface area contributed by atoms with Gasteiger partial charge in [0.05, 0.1) is 23.9 Å². The molecule has 1 fully saturated rings. The van der Waals surface area contributed by atoms with Gasteiger partial charge in [-0.2, -0.15) is 0 Å². The minimum atomic E-state index is -2.80. The minimum Gasteiger partial charge on any atom is -0.460 e. The molecule has 3 aromatic rings. The van der Waals surface area contributed by atoms with E-state index in [4.69, 9.17) is 9.15 Å². The van der Waals surface area contributed by atoms with Crippen LogP contribution in [0.25, 0.3) is 10.9 Å². The first-order valence-electron chi connectivity index (χ1n) is 10.4. The summed E-state index contributed by atoms with van der Waals surface area (Å²) in [5, 5.41) is 2.94. The molecular weight excluding hydrogens is 441 g/mol. The number of halogens is 3. The molecule has 2 aromatic heterocycles. The number of pyridine rings is 1. The van der Waals surface area contributed by atoms with Crippen LogP contribution in [0.1, 0.15) is 47.1 Å². The van der Waals surface area contributed by atoms with E-state index < -0.39 is 23.6 Å². The largest absolute Gasteiger partial charge is 0.460 e. The SMILES string of the molecule is CCOC(=O)c1cnc(NC(=O)c2cc3ccc(F)cc3nc2N2CCCC(F)(F)CC2)o1. The van der Waals surface area contributed by atoms with E-state index in [2.05, 4.69) is 15.3 Å². The summed E-state index contributed by atoms with van der Waals surface area (Å²) in [6, 6.07) is 5.18. The van der Waals surface area contributed by atoms with Gasteiger partial charge in [-0.1, -0.05) is 0 Å². The highest BCUT2D eigenvalue weighted by atomic mass is 19.3. The third kappa shape index (κ3) is 5.07. The lowest BCUT2D eigenvalue weighted by atomic mass is 10.1. The second-order valence-electron chi connectivity index (χ2n) is 7.60. The third-order valence-corrected chi connectivity index (χ3v) is 5.22. The van der Waals surface area contributed by atoms with Crippen molar-refractivity contribution >= 4 is 34.6 Å². The fourth-order valence-electron chi connectivity index (χ4n) is 3.61. The van der Waals surface area contributed by atoms with Crippen molar-refractivity contribution in [3.05, 3.63) is 47.6 Å². The molecule has 11 heteroatoms. The van der Waals surface area contributed by atoms with Gasteiger partial charge in [0, 0.05) is 37.4 Å². The van der Waals surface area contributed by atoms with Crippen LogP contribution in [0.3, 0.4) is 0 Å². The summed E-state index contributed by atoms with van der Waals surface area (Å²) < 4.78 is 51.6. The van der Waals surface area contributed by atoms with Crippen molar-refractivity contribution < 1.29 is 31.9 Å². The molecule has 1 aromatic carbocycles. The van der Waals surface area contributed by atoms with E-state index in [1.807, 2.05) is 0 Å². The Bertz CT molecular complexity index is 1200. The van der Waals surface area contributed by atoms with Gasteiger partial charge in [-0.05, 0) is 31.5 Å². The Morgan fingerprint density at radius 3 is 2.85 bits per heavy atom. The lowest BCUT2D eigenvalue weighted by Gasteiger charge is -2.24. The van der Waals surface area contributed by atoms with E-state index in [9.17, 15) is 22.8 Å². The number of fused-ring (bicyclic) bond motifs is 1. The number of esters is 1. The van der Waals surface area contributed by atoms with Crippen LogP contribution in [0, 0.1) is 5.82 Å². The van der Waals surface area contributed by atoms with Crippen molar-refractivity contribution in [3.63, 3.8) is 0 Å². The molecule has 0 saturated carbocycles. The van der Waals surface area contributed by atoms with Gasteiger partial charge in [0.15, 0.2) is 0 Å². The fraction of sp³-hybridized carbons (Fsp3) is 0.364. The first-order chi connectivity index (χ1) is 15.8. The number of nitrogens with zero attached hydrogens (tertiary/aromatic N) is 3. The zero-order chi connectivity index (χ0) is 23.6. The number of carbonyl (C=O) groups excluding carboxylic acids is 2. The first-order valence-corrected chi connectivity index (χ1v) is 10.4. The zero-order valence-corrected chi connectivity index (χ0v) is 17.7. The second-order valence-corrected chi connectivity index (χ2v) is 7.60. The van der Waals surface area contributed by atoms with Gasteiger partial charge in [0.1, 0.15) is 11.6 Å². The summed E-state index contributed by atoms with van der Waals surface area (Å²) in [7, 11) is 0. The topological polar surface area (TPSA) is 97.6 Å². The van der Waals surface area contributed by atoms with Crippen molar-refractivity contribution in [2.24, 2.45) is 0 Å². The summed E-state index contributed by atoms with van der Waals surface area (Å²) in [6.07, 6.45) is 0.673. The van der Waals surface area contributed by atoms with Crippen molar-refractivity contribution in [2.75, 3.05) is 29.9 Å². The highest BCUT2D eigenvalue weighted by Gasteiger charge is 2.33. The maximum absolute atomic E-state index is 13.9. The molecule has 4 rings (SSSR count). The van der Waals surface area contributed by atoms with E-state index in [0.717, 1.165) is 6.20 Å². The average Bonchev–Trinajstić information content (AvgIpc) is 3.15. The molecule has 1 amide bonds. The number of aromatic nitrogens is 2. The van der Waals surface area contributed by atoms with E-state index >= 15 is 0 Å². The number of hydrogen-bond donors (Lipinski definition) is 1. The first kappa shape index (κ1) is 22.6. The third-order valence-electron chi connectivity index (χ3n) is 5.22. The number of benzene rings is 1. The van der Waals surface area contributed by atoms with Gasteiger partial charge in [-0.25, -0.2) is 27.9 Å². The Balaban J connectivity index is 1.68. The molecule has 0 aliphatic carbocycles. The highest BCUT2D eigenvalue weighted by Crippen LogP contribution is 2.32. The Hall–Kier alpha value is -3.63. The summed E-state index contributed by atoms with van der Waals surface area (Å²) in [4.78, 5) is 34.7. The van der Waals surface area contributed by atoms with Crippen LogP contribution in [-0.4, -0.2) is 47.5 Å². The lowest BCUT2D eigenvalue weighted by Crippen LogP contribution is -2.29. The summed E-state index contributed by atoms with van der Waals surface area (Å²) in [5.41, 5.74) is 0.369. The summed E-state index contributed by atoms with van der Waals surface area (Å²) in [6.45, 7) is 2.02. The molecule has 1 aliphatic rings. The maximum atomic E-state index is 13.9. The lowest BCUT2D eigenvalue weighted by molar-refractivity contribution is -0.0102. The molecule has 33 heavy (non-hydrogen) atoms. The molecule has 1 aliphatic heterocycles. The molecular formula is C22H21F3N4O4. The Morgan fingerprint density at radius 1 is 1.24 bits per heavy atom. The van der Waals surface area contributed by atoms with Crippen LogP contribution < -0.4 is 10.2 Å². The zero-order valence-electron chi connectivity index (χ0n) is 17.7. The Labute approximate surface area is 186 Å². The maximum Gasteiger partial charge on any atom is 0.376 e. The number of hydrogen-bond acceptors (Lipinski definition) is 7. The van der Waals surface area contributed by atoms with Gasteiger partial charge >= 0.3 is 12.0 Å². The van der Waals surface area contributed by atoms with Gasteiger partial charge in [-0.15, -0.1) is 0 Å². The Kier molecular flexibility index (Phi) is 6.21. The van der Waals surface area contributed by atoms with Crippen molar-refractivity contribution in [3.8, 4) is 0 Å². The number of carbonyl (C=O) groups is 2. The number of alkyl halides is 2. The summed E-state index contributed by atoms with van der Waals surface area (Å²) >= 11 is 0. The van der Waals surface area contributed by atoms with Gasteiger partial charge < -0.3 is 14.1 Å². The van der Waals surface area contributed by atoms with E-state index in [1.165, 1.54) is 24.3 Å². The van der Waals surface area contributed by atoms with Crippen LogP contribution in [0.15, 0.2) is 34.9 Å². The van der Waals surface area contributed by atoms with Crippen LogP contribution in [0.4, 0.5) is 25.0 Å². The number of oxazole rings is 1. The van der Waals surface area contributed by atoms with Crippen LogP contribution in [0.2, 0.25) is 0 Å². The average molecular weight is 462 g/mol. The molecule has 0 atom stereocenters. The van der Waals surface area contributed by atoms with Crippen molar-refractivity contribution in [1.29, 1.82) is 0 Å². The molecule has 8 nitrogen and oxygen atoms in total. The summed E-state index contributed by atoms with van der Waals surface area (Å²) in [5.74, 6) is -4.74. The Morgan fingerprint density at radius 2 is 2.06 bits per heavy atom. The molecule has 0 radical (unpaired) electrons. The van der Waals surface area contributed by atoms with Crippen LogP contribution >= 0.6 is 0 Å². The predicted octanol–water partition coefficient (Wildman–Crippen LogP) is 4.42. The smallest absolute Gasteiger partial charge is 0.376 e. The number of anilines is 2. The number of nitrogens with one attached hydrogen (secondary N) is 1. The predicted molar refractivity (Wildman–Crippen MR) is 113 cm³/mol. The van der Waals surface area contributed by atoms with Gasteiger partial charge in [-0.3, -0.25) is 10.1 Å². The normalized spacial score (nSPS) is 15.8. The number of ether oxygens (including phenoxy) is 1. The molecule has 3 heterocycles. The van der Waals surface area contributed by atoms with Crippen LogP contribution in [0.5, 0.6) is 0 Å². The van der Waals surface area contributed by atoms with E-state index in [1.54, 1.807) is 11.8 Å². The fourth-order valence-corrected chi connectivity index (χ4v) is 3.61. The van der Waals surface area contributed by atoms with Gasteiger partial charge in [0.2, 0.25) is 11.7 Å².